The molecular formula is C22H24N2O4. The number of ether oxygens (including phenoxy) is 2. The van der Waals surface area contributed by atoms with Crippen molar-refractivity contribution in [3.8, 4) is 0 Å². The molecule has 146 valence electrons. The van der Waals surface area contributed by atoms with Crippen LogP contribution in [0.4, 0.5) is 5.69 Å². The van der Waals surface area contributed by atoms with E-state index in [1.54, 1.807) is 36.4 Å². The van der Waals surface area contributed by atoms with E-state index in [4.69, 9.17) is 9.47 Å². The van der Waals surface area contributed by atoms with Crippen LogP contribution in [0.25, 0.3) is 0 Å². The first-order valence-electron chi connectivity index (χ1n) is 9.58. The number of para-hydroxylation sites is 1. The molecule has 2 aromatic carbocycles. The van der Waals surface area contributed by atoms with E-state index >= 15 is 0 Å². The Bertz CT molecular complexity index is 833. The van der Waals surface area contributed by atoms with Gasteiger partial charge in [0.1, 0.15) is 0 Å². The van der Waals surface area contributed by atoms with Gasteiger partial charge < -0.3 is 9.47 Å². The van der Waals surface area contributed by atoms with Crippen molar-refractivity contribution < 1.29 is 19.1 Å². The quantitative estimate of drug-likeness (QED) is 0.752. The molecule has 0 atom stereocenters. The fourth-order valence-electron chi connectivity index (χ4n) is 2.91. The Hall–Kier alpha value is -3.15. The Morgan fingerprint density at radius 2 is 1.32 bits per heavy atom. The predicted molar refractivity (Wildman–Crippen MR) is 107 cm³/mol. The Labute approximate surface area is 164 Å². The number of rotatable bonds is 1. The van der Waals surface area contributed by atoms with Crippen LogP contribution in [0.5, 0.6) is 0 Å². The van der Waals surface area contributed by atoms with Gasteiger partial charge in [-0.3, -0.25) is 5.43 Å². The van der Waals surface area contributed by atoms with Crippen molar-refractivity contribution in [2.24, 2.45) is 5.10 Å². The highest BCUT2D eigenvalue weighted by atomic mass is 16.5. The van der Waals surface area contributed by atoms with Gasteiger partial charge in [0.25, 0.3) is 0 Å². The fraction of sp³-hybridized carbons (Fsp3) is 0.318. The molecule has 2 aromatic rings. The second-order valence-corrected chi connectivity index (χ2v) is 6.52. The maximum Gasteiger partial charge on any atom is 0.359 e. The van der Waals surface area contributed by atoms with E-state index in [0.29, 0.717) is 30.0 Å². The third kappa shape index (κ3) is 5.42. The van der Waals surface area contributed by atoms with E-state index in [1.807, 2.05) is 18.2 Å². The van der Waals surface area contributed by atoms with Crippen molar-refractivity contribution in [2.45, 2.75) is 32.1 Å². The fourth-order valence-corrected chi connectivity index (χ4v) is 2.91. The number of carbonyl (C=O) groups is 2. The van der Waals surface area contributed by atoms with Crippen LogP contribution in [0.1, 0.15) is 48.0 Å². The van der Waals surface area contributed by atoms with Crippen LogP contribution in [0, 0.1) is 0 Å². The second-order valence-electron chi connectivity index (χ2n) is 6.52. The lowest BCUT2D eigenvalue weighted by molar-refractivity contribution is -0.135. The molecule has 28 heavy (non-hydrogen) atoms. The van der Waals surface area contributed by atoms with Crippen molar-refractivity contribution in [2.75, 3.05) is 18.6 Å². The van der Waals surface area contributed by atoms with E-state index in [9.17, 15) is 9.59 Å². The summed E-state index contributed by atoms with van der Waals surface area (Å²) in [6.07, 6.45) is 4.55. The molecule has 0 fully saturated rings. The third-order valence-corrected chi connectivity index (χ3v) is 4.43. The van der Waals surface area contributed by atoms with Gasteiger partial charge in [0, 0.05) is 5.56 Å². The second kappa shape index (κ2) is 10.3. The highest BCUT2D eigenvalue weighted by Gasteiger charge is 2.17. The monoisotopic (exact) mass is 380 g/mol. The molecule has 6 heteroatoms. The van der Waals surface area contributed by atoms with Gasteiger partial charge in [0.05, 0.1) is 24.5 Å². The number of nitrogens with one attached hydrogen (secondary N) is 1. The van der Waals surface area contributed by atoms with E-state index in [-0.39, 0.29) is 5.71 Å². The average molecular weight is 380 g/mol. The van der Waals surface area contributed by atoms with Crippen molar-refractivity contribution in [3.63, 3.8) is 0 Å². The number of cyclic esters (lactones) is 2. The minimum Gasteiger partial charge on any atom is -0.462 e. The molecule has 6 nitrogen and oxygen atoms in total. The summed E-state index contributed by atoms with van der Waals surface area (Å²) in [7, 11) is 0. The number of hydrazone groups is 1. The first kappa shape index (κ1) is 19.6. The topological polar surface area (TPSA) is 77.0 Å². The Morgan fingerprint density at radius 3 is 2.07 bits per heavy atom. The van der Waals surface area contributed by atoms with Gasteiger partial charge >= 0.3 is 11.9 Å². The number of benzene rings is 2. The highest BCUT2D eigenvalue weighted by molar-refractivity contribution is 6.43. The van der Waals surface area contributed by atoms with E-state index in [0.717, 1.165) is 32.1 Å². The molecule has 1 N–H and O–H groups in total. The van der Waals surface area contributed by atoms with Crippen LogP contribution in [0.2, 0.25) is 0 Å². The molecule has 0 saturated heterocycles. The molecule has 0 radical (unpaired) electrons. The van der Waals surface area contributed by atoms with Gasteiger partial charge in [-0.15, -0.1) is 0 Å². The number of hydrogen-bond donors (Lipinski definition) is 1. The maximum atomic E-state index is 12.6. The van der Waals surface area contributed by atoms with E-state index in [1.165, 1.54) is 0 Å². The van der Waals surface area contributed by atoms with Gasteiger partial charge in [-0.1, -0.05) is 61.7 Å². The number of carbonyl (C=O) groups excluding carboxylic acids is 2. The van der Waals surface area contributed by atoms with Crippen molar-refractivity contribution in [1.82, 2.24) is 0 Å². The number of anilines is 1. The van der Waals surface area contributed by atoms with Crippen LogP contribution in [0.3, 0.4) is 0 Å². The molecule has 0 aliphatic carbocycles. The molecule has 0 unspecified atom stereocenters. The largest absolute Gasteiger partial charge is 0.462 e. The molecular weight excluding hydrogens is 356 g/mol. The summed E-state index contributed by atoms with van der Waals surface area (Å²) in [5.74, 6) is -0.903. The lowest BCUT2D eigenvalue weighted by Gasteiger charge is -2.12. The van der Waals surface area contributed by atoms with Gasteiger partial charge in [-0.25, -0.2) is 9.59 Å². The van der Waals surface area contributed by atoms with Crippen molar-refractivity contribution in [3.05, 3.63) is 65.7 Å². The van der Waals surface area contributed by atoms with Gasteiger partial charge in [0.15, 0.2) is 5.71 Å². The molecule has 0 amide bonds. The molecule has 0 saturated carbocycles. The zero-order valence-electron chi connectivity index (χ0n) is 15.7. The molecule has 0 aromatic heterocycles. The Morgan fingerprint density at radius 1 is 0.714 bits per heavy atom. The van der Waals surface area contributed by atoms with Crippen molar-refractivity contribution >= 4 is 23.3 Å². The number of esters is 2. The standard InChI is InChI=1S/C22H24N2O4/c25-21-18-13-7-8-14-19(18)23-24-20(17-11-5-4-6-12-17)22(26)28-16-10-3-1-2-9-15-27-21/h4-8,11-14,23H,1-3,9-10,15-16H2. The summed E-state index contributed by atoms with van der Waals surface area (Å²) < 4.78 is 10.8. The molecule has 1 aliphatic heterocycles. The maximum absolute atomic E-state index is 12.6. The van der Waals surface area contributed by atoms with Crippen LogP contribution in [-0.2, 0) is 14.3 Å². The zero-order chi connectivity index (χ0) is 19.6. The minimum atomic E-state index is -0.495. The summed E-state index contributed by atoms with van der Waals surface area (Å²) in [5.41, 5.74) is 4.49. The summed E-state index contributed by atoms with van der Waals surface area (Å²) in [6.45, 7) is 0.747. The minimum absolute atomic E-state index is 0.163. The summed E-state index contributed by atoms with van der Waals surface area (Å²) >= 11 is 0. The Balaban J connectivity index is 1.90. The van der Waals surface area contributed by atoms with Gasteiger partial charge in [-0.05, 0) is 25.0 Å². The first-order valence-corrected chi connectivity index (χ1v) is 9.58. The first-order chi connectivity index (χ1) is 13.8. The molecule has 1 aliphatic rings. The predicted octanol–water partition coefficient (Wildman–Crippen LogP) is 4.17. The van der Waals surface area contributed by atoms with Crippen LogP contribution in [-0.4, -0.2) is 30.9 Å². The number of nitrogens with zero attached hydrogens (tertiary/aromatic N) is 1. The third-order valence-electron chi connectivity index (χ3n) is 4.43. The molecule has 0 spiro atoms. The molecule has 0 bridgehead atoms. The van der Waals surface area contributed by atoms with E-state index in [2.05, 4.69) is 10.5 Å². The van der Waals surface area contributed by atoms with Gasteiger partial charge in [-0.2, -0.15) is 5.10 Å². The lowest BCUT2D eigenvalue weighted by Crippen LogP contribution is -2.21. The van der Waals surface area contributed by atoms with E-state index < -0.39 is 11.9 Å². The SMILES string of the molecule is O=C1OCCCCCCCOC(=O)c2ccccc2NN=C1c1ccccc1. The van der Waals surface area contributed by atoms with Crippen LogP contribution in [0.15, 0.2) is 59.7 Å². The molecule has 3 rings (SSSR count). The van der Waals surface area contributed by atoms with Crippen LogP contribution < -0.4 is 5.43 Å². The summed E-state index contributed by atoms with van der Waals surface area (Å²) in [6, 6.07) is 16.0. The number of fused-ring (bicyclic) bond motifs is 1. The average Bonchev–Trinajstić information content (AvgIpc) is 2.73. The van der Waals surface area contributed by atoms with Gasteiger partial charge in [0.2, 0.25) is 0 Å². The zero-order valence-corrected chi connectivity index (χ0v) is 15.7. The van der Waals surface area contributed by atoms with Crippen molar-refractivity contribution in [1.29, 1.82) is 0 Å². The summed E-state index contributed by atoms with van der Waals surface area (Å²) in [5, 5.41) is 4.26. The van der Waals surface area contributed by atoms with Crippen LogP contribution >= 0.6 is 0 Å². The number of hydrogen-bond acceptors (Lipinski definition) is 6. The Kier molecular flexibility index (Phi) is 7.18. The normalized spacial score (nSPS) is 16.8. The smallest absolute Gasteiger partial charge is 0.359 e. The molecule has 1 heterocycles. The highest BCUT2D eigenvalue weighted by Crippen LogP contribution is 2.17. The summed E-state index contributed by atoms with van der Waals surface area (Å²) in [4.78, 5) is 25.0. The lowest BCUT2D eigenvalue weighted by atomic mass is 10.1.